The standard InChI is InChI=1S/C22H22F3NO3/c1-3-16(21(28)29-4-2)13-15-9-11-17(12-10-15)20(27)26-14-18-7-5-6-8-19(18)22(23,24)25/h5-13H,3-4,14H2,1-2H3,(H,26,27)/b16-13+. The van der Waals surface area contributed by atoms with Crippen molar-refractivity contribution in [3.05, 3.63) is 76.4 Å². The van der Waals surface area contributed by atoms with Gasteiger partial charge in [0.1, 0.15) is 0 Å². The molecule has 29 heavy (non-hydrogen) atoms. The minimum absolute atomic E-state index is 0.00470. The first-order valence-electron chi connectivity index (χ1n) is 9.17. The highest BCUT2D eigenvalue weighted by atomic mass is 19.4. The van der Waals surface area contributed by atoms with E-state index < -0.39 is 17.6 Å². The van der Waals surface area contributed by atoms with E-state index in [-0.39, 0.29) is 24.7 Å². The summed E-state index contributed by atoms with van der Waals surface area (Å²) in [6.45, 7) is 3.61. The molecule has 0 fully saturated rings. The fourth-order valence-electron chi connectivity index (χ4n) is 2.69. The first-order valence-corrected chi connectivity index (χ1v) is 9.17. The second kappa shape index (κ2) is 9.91. The van der Waals surface area contributed by atoms with Crippen molar-refractivity contribution in [1.29, 1.82) is 0 Å². The Morgan fingerprint density at radius 2 is 1.69 bits per heavy atom. The van der Waals surface area contributed by atoms with Crippen molar-refractivity contribution in [2.45, 2.75) is 33.0 Å². The fraction of sp³-hybridized carbons (Fsp3) is 0.273. The molecule has 2 aromatic rings. The van der Waals surface area contributed by atoms with Gasteiger partial charge in [-0.2, -0.15) is 13.2 Å². The normalized spacial score (nSPS) is 11.8. The quantitative estimate of drug-likeness (QED) is 0.521. The molecule has 0 saturated heterocycles. The number of nitrogens with one attached hydrogen (secondary N) is 1. The van der Waals surface area contributed by atoms with Crippen LogP contribution in [0.25, 0.3) is 6.08 Å². The summed E-state index contributed by atoms with van der Waals surface area (Å²) in [5.41, 5.74) is 0.754. The molecule has 0 unspecified atom stereocenters. The minimum Gasteiger partial charge on any atom is -0.463 e. The van der Waals surface area contributed by atoms with Gasteiger partial charge in [-0.3, -0.25) is 4.79 Å². The SMILES string of the molecule is CCOC(=O)/C(=C/c1ccc(C(=O)NCc2ccccc2C(F)(F)F)cc1)CC. The molecule has 4 nitrogen and oxygen atoms in total. The Labute approximate surface area is 167 Å². The van der Waals surface area contributed by atoms with Crippen LogP contribution in [0.5, 0.6) is 0 Å². The summed E-state index contributed by atoms with van der Waals surface area (Å²) in [4.78, 5) is 24.1. The Bertz CT molecular complexity index is 887. The minimum atomic E-state index is -4.48. The molecule has 0 aliphatic heterocycles. The largest absolute Gasteiger partial charge is 0.463 e. The lowest BCUT2D eigenvalue weighted by Crippen LogP contribution is -2.24. The van der Waals surface area contributed by atoms with Gasteiger partial charge in [-0.1, -0.05) is 37.3 Å². The van der Waals surface area contributed by atoms with Gasteiger partial charge in [-0.05, 0) is 48.7 Å². The summed E-state index contributed by atoms with van der Waals surface area (Å²) in [6.07, 6.45) is -2.30. The van der Waals surface area contributed by atoms with Crippen molar-refractivity contribution in [2.75, 3.05) is 6.61 Å². The molecule has 0 spiro atoms. The third kappa shape index (κ3) is 6.20. The number of esters is 1. The molecule has 0 bridgehead atoms. The van der Waals surface area contributed by atoms with Crippen molar-refractivity contribution in [2.24, 2.45) is 0 Å². The van der Waals surface area contributed by atoms with Crippen LogP contribution in [0, 0.1) is 0 Å². The summed E-state index contributed by atoms with van der Waals surface area (Å²) in [6, 6.07) is 11.5. The molecular formula is C22H22F3NO3. The van der Waals surface area contributed by atoms with Crippen LogP contribution < -0.4 is 5.32 Å². The molecule has 0 saturated carbocycles. The zero-order valence-electron chi connectivity index (χ0n) is 16.2. The van der Waals surface area contributed by atoms with Gasteiger partial charge in [0.2, 0.25) is 0 Å². The molecule has 7 heteroatoms. The molecule has 2 rings (SSSR count). The maximum absolute atomic E-state index is 13.0. The lowest BCUT2D eigenvalue weighted by Gasteiger charge is -2.13. The van der Waals surface area contributed by atoms with E-state index in [0.29, 0.717) is 23.1 Å². The van der Waals surface area contributed by atoms with Crippen LogP contribution in [0.15, 0.2) is 54.1 Å². The van der Waals surface area contributed by atoms with E-state index in [9.17, 15) is 22.8 Å². The molecule has 154 valence electrons. The van der Waals surface area contributed by atoms with Crippen LogP contribution in [0.4, 0.5) is 13.2 Å². The first kappa shape index (κ1) is 22.2. The Morgan fingerprint density at radius 3 is 2.28 bits per heavy atom. The van der Waals surface area contributed by atoms with Crippen molar-refractivity contribution in [1.82, 2.24) is 5.32 Å². The van der Waals surface area contributed by atoms with Crippen molar-refractivity contribution >= 4 is 18.0 Å². The Balaban J connectivity index is 2.07. The molecule has 0 radical (unpaired) electrons. The van der Waals surface area contributed by atoms with E-state index in [2.05, 4.69) is 5.32 Å². The van der Waals surface area contributed by atoms with Gasteiger partial charge in [-0.25, -0.2) is 4.79 Å². The maximum atomic E-state index is 13.0. The highest BCUT2D eigenvalue weighted by Gasteiger charge is 2.32. The number of hydrogen-bond acceptors (Lipinski definition) is 3. The summed E-state index contributed by atoms with van der Waals surface area (Å²) in [7, 11) is 0. The van der Waals surface area contributed by atoms with Gasteiger partial charge < -0.3 is 10.1 Å². The van der Waals surface area contributed by atoms with E-state index in [0.717, 1.165) is 6.07 Å². The number of rotatable bonds is 7. The predicted molar refractivity (Wildman–Crippen MR) is 104 cm³/mol. The number of amides is 1. The number of hydrogen-bond donors (Lipinski definition) is 1. The maximum Gasteiger partial charge on any atom is 0.416 e. The molecule has 1 N–H and O–H groups in total. The number of carbonyl (C=O) groups is 2. The van der Waals surface area contributed by atoms with Gasteiger partial charge in [-0.15, -0.1) is 0 Å². The Hall–Kier alpha value is -3.09. The number of ether oxygens (including phenoxy) is 1. The zero-order chi connectivity index (χ0) is 21.4. The number of benzene rings is 2. The number of halogens is 3. The fourth-order valence-corrected chi connectivity index (χ4v) is 2.69. The van der Waals surface area contributed by atoms with Crippen LogP contribution in [0.3, 0.4) is 0 Å². The molecule has 0 heterocycles. The van der Waals surface area contributed by atoms with Crippen LogP contribution in [-0.2, 0) is 22.3 Å². The zero-order valence-corrected chi connectivity index (χ0v) is 16.2. The topological polar surface area (TPSA) is 55.4 Å². The Morgan fingerprint density at radius 1 is 1.03 bits per heavy atom. The van der Waals surface area contributed by atoms with E-state index in [1.807, 2.05) is 6.92 Å². The lowest BCUT2D eigenvalue weighted by molar-refractivity contribution is -0.139. The smallest absolute Gasteiger partial charge is 0.416 e. The van der Waals surface area contributed by atoms with Gasteiger partial charge in [0.25, 0.3) is 5.91 Å². The van der Waals surface area contributed by atoms with Gasteiger partial charge in [0.05, 0.1) is 12.2 Å². The second-order valence-electron chi connectivity index (χ2n) is 6.20. The molecule has 1 amide bonds. The summed E-state index contributed by atoms with van der Waals surface area (Å²) in [5.74, 6) is -0.876. The van der Waals surface area contributed by atoms with Crippen LogP contribution >= 0.6 is 0 Å². The van der Waals surface area contributed by atoms with E-state index in [4.69, 9.17) is 4.74 Å². The average molecular weight is 405 g/mol. The number of carbonyl (C=O) groups excluding carboxylic acids is 2. The van der Waals surface area contributed by atoms with Crippen LogP contribution in [-0.4, -0.2) is 18.5 Å². The van der Waals surface area contributed by atoms with Gasteiger partial charge in [0, 0.05) is 17.7 Å². The Kier molecular flexibility index (Phi) is 7.59. The molecule has 0 aliphatic carbocycles. The third-order valence-electron chi connectivity index (χ3n) is 4.19. The predicted octanol–water partition coefficient (Wildman–Crippen LogP) is 4.99. The molecule has 0 aliphatic rings. The number of alkyl halides is 3. The summed E-state index contributed by atoms with van der Waals surface area (Å²) in [5, 5.41) is 2.51. The summed E-state index contributed by atoms with van der Waals surface area (Å²) < 4.78 is 44.1. The lowest BCUT2D eigenvalue weighted by atomic mass is 10.1. The van der Waals surface area contributed by atoms with E-state index in [1.54, 1.807) is 37.3 Å². The van der Waals surface area contributed by atoms with Crippen LogP contribution in [0.2, 0.25) is 0 Å². The highest BCUT2D eigenvalue weighted by molar-refractivity contribution is 5.95. The van der Waals surface area contributed by atoms with Gasteiger partial charge >= 0.3 is 12.1 Å². The van der Waals surface area contributed by atoms with Crippen molar-refractivity contribution in [3.63, 3.8) is 0 Å². The van der Waals surface area contributed by atoms with Crippen LogP contribution in [0.1, 0.15) is 47.3 Å². The van der Waals surface area contributed by atoms with Gasteiger partial charge in [0.15, 0.2) is 0 Å². The monoisotopic (exact) mass is 405 g/mol. The van der Waals surface area contributed by atoms with Crippen molar-refractivity contribution in [3.8, 4) is 0 Å². The third-order valence-corrected chi connectivity index (χ3v) is 4.19. The van der Waals surface area contributed by atoms with Crippen molar-refractivity contribution < 1.29 is 27.5 Å². The molecule has 0 aromatic heterocycles. The summed E-state index contributed by atoms with van der Waals surface area (Å²) >= 11 is 0. The highest BCUT2D eigenvalue weighted by Crippen LogP contribution is 2.31. The average Bonchev–Trinajstić information content (AvgIpc) is 2.70. The molecule has 0 atom stereocenters. The van der Waals surface area contributed by atoms with E-state index in [1.165, 1.54) is 18.2 Å². The molecule has 2 aromatic carbocycles. The first-order chi connectivity index (χ1) is 13.8. The van der Waals surface area contributed by atoms with E-state index >= 15 is 0 Å². The second-order valence-corrected chi connectivity index (χ2v) is 6.20. The molecular weight excluding hydrogens is 383 g/mol.